The van der Waals surface area contributed by atoms with E-state index in [0.717, 1.165) is 5.56 Å². The molecule has 4 rings (SSSR count). The number of amides is 1. The van der Waals surface area contributed by atoms with Gasteiger partial charge in [0.1, 0.15) is 11.6 Å². The number of aliphatic hydroxyl groups is 1. The van der Waals surface area contributed by atoms with Gasteiger partial charge in [-0.2, -0.15) is 0 Å². The van der Waals surface area contributed by atoms with Gasteiger partial charge < -0.3 is 10.0 Å². The Bertz CT molecular complexity index is 1120. The fourth-order valence-corrected chi connectivity index (χ4v) is 3.59. The summed E-state index contributed by atoms with van der Waals surface area (Å²) in [4.78, 5) is 31.2. The van der Waals surface area contributed by atoms with Crippen molar-refractivity contribution in [2.75, 3.05) is 0 Å². The van der Waals surface area contributed by atoms with Gasteiger partial charge >= 0.3 is 0 Å². The van der Waals surface area contributed by atoms with Crippen LogP contribution in [0.5, 0.6) is 0 Å². The molecule has 150 valence electrons. The van der Waals surface area contributed by atoms with Gasteiger partial charge in [0.15, 0.2) is 0 Å². The highest BCUT2D eigenvalue weighted by molar-refractivity contribution is 6.46. The number of likely N-dealkylation sites (tertiary alicyclic amines) is 1. The zero-order chi connectivity index (χ0) is 21.3. The summed E-state index contributed by atoms with van der Waals surface area (Å²) < 4.78 is 13.3. The number of pyridine rings is 1. The number of rotatable bonds is 4. The Kier molecular flexibility index (Phi) is 5.14. The Morgan fingerprint density at radius 3 is 2.27 bits per heavy atom. The molecule has 1 aliphatic heterocycles. The molecule has 0 spiro atoms. The lowest BCUT2D eigenvalue weighted by Crippen LogP contribution is -2.29. The van der Waals surface area contributed by atoms with E-state index in [-0.39, 0.29) is 23.7 Å². The number of benzene rings is 2. The van der Waals surface area contributed by atoms with Crippen molar-refractivity contribution in [1.29, 1.82) is 0 Å². The maximum Gasteiger partial charge on any atom is 0.295 e. The predicted octanol–water partition coefficient (Wildman–Crippen LogP) is 4.15. The van der Waals surface area contributed by atoms with Crippen molar-refractivity contribution in [2.45, 2.75) is 19.5 Å². The van der Waals surface area contributed by atoms with Crippen molar-refractivity contribution >= 4 is 17.4 Å². The van der Waals surface area contributed by atoms with Crippen LogP contribution < -0.4 is 0 Å². The van der Waals surface area contributed by atoms with E-state index in [1.807, 2.05) is 19.1 Å². The fraction of sp³-hybridized carbons (Fsp3) is 0.125. The largest absolute Gasteiger partial charge is 0.507 e. The number of halogens is 1. The fourth-order valence-electron chi connectivity index (χ4n) is 3.59. The third-order valence-corrected chi connectivity index (χ3v) is 5.15. The van der Waals surface area contributed by atoms with Crippen molar-refractivity contribution in [2.24, 2.45) is 0 Å². The van der Waals surface area contributed by atoms with Crippen LogP contribution in [0.15, 0.2) is 78.6 Å². The summed E-state index contributed by atoms with van der Waals surface area (Å²) in [6.07, 6.45) is 3.14. The van der Waals surface area contributed by atoms with Crippen LogP contribution in [0.3, 0.4) is 0 Å². The van der Waals surface area contributed by atoms with Gasteiger partial charge in [0, 0.05) is 24.5 Å². The number of aryl methyl sites for hydroxylation is 1. The highest BCUT2D eigenvalue weighted by Crippen LogP contribution is 2.40. The SMILES string of the molecule is Cc1ccc(/C(O)=C2/C(=O)C(=O)N(Cc3ccc(F)cc3)C2c2ccncc2)cc1. The molecular weight excluding hydrogens is 383 g/mol. The Labute approximate surface area is 173 Å². The van der Waals surface area contributed by atoms with Gasteiger partial charge in [-0.1, -0.05) is 42.0 Å². The molecule has 1 aliphatic rings. The summed E-state index contributed by atoms with van der Waals surface area (Å²) in [5, 5.41) is 11.0. The minimum absolute atomic E-state index is 0.0252. The van der Waals surface area contributed by atoms with E-state index in [9.17, 15) is 19.1 Å². The molecule has 1 unspecified atom stereocenters. The lowest BCUT2D eigenvalue weighted by Gasteiger charge is -2.25. The Hall–Kier alpha value is -3.80. The molecule has 1 fully saturated rings. The second-order valence-corrected chi connectivity index (χ2v) is 7.20. The first kappa shape index (κ1) is 19.5. The molecule has 0 aliphatic carbocycles. The van der Waals surface area contributed by atoms with Crippen molar-refractivity contribution in [3.63, 3.8) is 0 Å². The molecule has 0 radical (unpaired) electrons. The molecule has 0 bridgehead atoms. The average molecular weight is 402 g/mol. The van der Waals surface area contributed by atoms with E-state index >= 15 is 0 Å². The lowest BCUT2D eigenvalue weighted by atomic mass is 9.95. The van der Waals surface area contributed by atoms with Gasteiger partial charge in [-0.25, -0.2) is 4.39 Å². The number of nitrogens with zero attached hydrogens (tertiary/aromatic N) is 2. The number of Topliss-reactive ketones (excluding diaryl/α,β-unsaturated/α-hetero) is 1. The van der Waals surface area contributed by atoms with E-state index in [4.69, 9.17) is 0 Å². The second-order valence-electron chi connectivity index (χ2n) is 7.20. The van der Waals surface area contributed by atoms with Gasteiger partial charge in [0.05, 0.1) is 11.6 Å². The molecule has 2 heterocycles. The van der Waals surface area contributed by atoms with E-state index in [1.54, 1.807) is 48.8 Å². The molecule has 3 aromatic rings. The molecule has 1 amide bonds. The number of carbonyl (C=O) groups is 2. The molecule has 1 aromatic heterocycles. The number of aromatic nitrogens is 1. The first-order chi connectivity index (χ1) is 14.5. The van der Waals surface area contributed by atoms with Crippen molar-refractivity contribution in [3.8, 4) is 0 Å². The zero-order valence-corrected chi connectivity index (χ0v) is 16.2. The summed E-state index contributed by atoms with van der Waals surface area (Å²) >= 11 is 0. The minimum Gasteiger partial charge on any atom is -0.507 e. The molecule has 30 heavy (non-hydrogen) atoms. The summed E-state index contributed by atoms with van der Waals surface area (Å²) in [6.45, 7) is 2.02. The summed E-state index contributed by atoms with van der Waals surface area (Å²) in [7, 11) is 0. The van der Waals surface area contributed by atoms with Gasteiger partial charge in [-0.05, 0) is 42.3 Å². The molecule has 2 aromatic carbocycles. The number of hydrogen-bond acceptors (Lipinski definition) is 4. The first-order valence-corrected chi connectivity index (χ1v) is 9.45. The molecular formula is C24H19FN2O3. The quantitative estimate of drug-likeness (QED) is 0.404. The Morgan fingerprint density at radius 2 is 1.63 bits per heavy atom. The summed E-state index contributed by atoms with van der Waals surface area (Å²) in [5.74, 6) is -2.07. The zero-order valence-electron chi connectivity index (χ0n) is 16.2. The maximum atomic E-state index is 13.3. The smallest absolute Gasteiger partial charge is 0.295 e. The molecule has 0 saturated carbocycles. The van der Waals surface area contributed by atoms with Crippen molar-refractivity contribution in [1.82, 2.24) is 9.88 Å². The third kappa shape index (κ3) is 3.59. The van der Waals surface area contributed by atoms with Crippen LogP contribution in [0.1, 0.15) is 28.3 Å². The molecule has 1 N–H and O–H groups in total. The Morgan fingerprint density at radius 1 is 1.00 bits per heavy atom. The highest BCUT2D eigenvalue weighted by Gasteiger charge is 2.46. The third-order valence-electron chi connectivity index (χ3n) is 5.15. The monoisotopic (exact) mass is 402 g/mol. The topological polar surface area (TPSA) is 70.5 Å². The van der Waals surface area contributed by atoms with Crippen LogP contribution in [0, 0.1) is 12.7 Å². The summed E-state index contributed by atoms with van der Waals surface area (Å²) in [6, 6.07) is 15.4. The average Bonchev–Trinajstić information content (AvgIpc) is 3.01. The standard InChI is InChI=1S/C24H19FN2O3/c1-15-2-6-18(7-3-15)22(28)20-21(17-10-12-26-13-11-17)27(24(30)23(20)29)14-16-4-8-19(25)9-5-16/h2-13,21,28H,14H2,1H3/b22-20-. The van der Waals surface area contributed by atoms with E-state index in [1.165, 1.54) is 17.0 Å². The molecule has 1 atom stereocenters. The van der Waals surface area contributed by atoms with Crippen molar-refractivity contribution in [3.05, 3.63) is 107 Å². The van der Waals surface area contributed by atoms with Crippen LogP contribution in [-0.2, 0) is 16.1 Å². The van der Waals surface area contributed by atoms with E-state index in [0.29, 0.717) is 16.7 Å². The molecule has 5 nitrogen and oxygen atoms in total. The van der Waals surface area contributed by atoms with Gasteiger partial charge in [-0.3, -0.25) is 14.6 Å². The highest BCUT2D eigenvalue weighted by atomic mass is 19.1. The normalized spacial score (nSPS) is 18.1. The predicted molar refractivity (Wildman–Crippen MR) is 110 cm³/mol. The van der Waals surface area contributed by atoms with Crippen LogP contribution >= 0.6 is 0 Å². The van der Waals surface area contributed by atoms with Crippen LogP contribution in [0.25, 0.3) is 5.76 Å². The number of carbonyl (C=O) groups excluding carboxylic acids is 2. The van der Waals surface area contributed by atoms with Crippen molar-refractivity contribution < 1.29 is 19.1 Å². The molecule has 1 saturated heterocycles. The van der Waals surface area contributed by atoms with E-state index < -0.39 is 17.7 Å². The number of aliphatic hydroxyl groups excluding tert-OH is 1. The second kappa shape index (κ2) is 7.91. The van der Waals surface area contributed by atoms with Gasteiger partial charge in [0.2, 0.25) is 0 Å². The van der Waals surface area contributed by atoms with Gasteiger partial charge in [-0.15, -0.1) is 0 Å². The van der Waals surface area contributed by atoms with Gasteiger partial charge in [0.25, 0.3) is 11.7 Å². The van der Waals surface area contributed by atoms with Crippen LogP contribution in [-0.4, -0.2) is 26.7 Å². The van der Waals surface area contributed by atoms with Crippen LogP contribution in [0.4, 0.5) is 4.39 Å². The summed E-state index contributed by atoms with van der Waals surface area (Å²) in [5.41, 5.74) is 2.82. The minimum atomic E-state index is -0.778. The first-order valence-electron chi connectivity index (χ1n) is 9.45. The lowest BCUT2D eigenvalue weighted by molar-refractivity contribution is -0.140. The molecule has 6 heteroatoms. The van der Waals surface area contributed by atoms with E-state index in [2.05, 4.69) is 4.98 Å². The number of ketones is 1. The Balaban J connectivity index is 1.83. The van der Waals surface area contributed by atoms with Crippen LogP contribution in [0.2, 0.25) is 0 Å². The number of hydrogen-bond donors (Lipinski definition) is 1. The maximum absolute atomic E-state index is 13.3.